The molecule has 1 atom stereocenters. The largest absolute Gasteiger partial charge is 0.496 e. The van der Waals surface area contributed by atoms with Crippen LogP contribution in [0.2, 0.25) is 0 Å². The molecular weight excluding hydrogens is 449 g/mol. The summed E-state index contributed by atoms with van der Waals surface area (Å²) in [6.07, 6.45) is 1.03. The highest BCUT2D eigenvalue weighted by Crippen LogP contribution is 2.43. The van der Waals surface area contributed by atoms with E-state index in [1.807, 2.05) is 42.5 Å². The summed E-state index contributed by atoms with van der Waals surface area (Å²) in [5.41, 5.74) is 3.55. The average molecular weight is 470 g/mol. The minimum Gasteiger partial charge on any atom is -0.496 e. The maximum atomic E-state index is 13.5. The van der Waals surface area contributed by atoms with Crippen LogP contribution in [0, 0.1) is 5.82 Å². The molecule has 0 aliphatic carbocycles. The third-order valence-corrected chi connectivity index (χ3v) is 5.89. The second-order valence-corrected chi connectivity index (χ2v) is 7.99. The molecule has 0 radical (unpaired) electrons. The zero-order valence-electron chi connectivity index (χ0n) is 16.5. The zero-order valence-corrected chi connectivity index (χ0v) is 18.1. The molecule has 154 valence electrons. The maximum absolute atomic E-state index is 13.5. The van der Waals surface area contributed by atoms with Gasteiger partial charge in [0, 0.05) is 0 Å². The van der Waals surface area contributed by atoms with Gasteiger partial charge in [-0.1, -0.05) is 42.5 Å². The van der Waals surface area contributed by atoms with Crippen LogP contribution >= 0.6 is 15.9 Å². The van der Waals surface area contributed by atoms with Gasteiger partial charge in [0.1, 0.15) is 18.2 Å². The normalized spacial score (nSPS) is 15.4. The number of ether oxygens (including phenoxy) is 2. The fraction of sp³-hybridized carbons (Fsp3) is 0.208. The van der Waals surface area contributed by atoms with Crippen molar-refractivity contribution in [3.63, 3.8) is 0 Å². The maximum Gasteiger partial charge on any atom is 0.415 e. The third kappa shape index (κ3) is 4.19. The van der Waals surface area contributed by atoms with Crippen molar-refractivity contribution >= 4 is 27.7 Å². The summed E-state index contributed by atoms with van der Waals surface area (Å²) in [5.74, 6) is 0.409. The lowest BCUT2D eigenvalue weighted by molar-refractivity contribution is 0.143. The van der Waals surface area contributed by atoms with Crippen LogP contribution in [0.5, 0.6) is 5.75 Å². The highest BCUT2D eigenvalue weighted by Gasteiger charge is 2.34. The molecule has 0 saturated heterocycles. The zero-order chi connectivity index (χ0) is 21.1. The molecule has 0 N–H and O–H groups in total. The van der Waals surface area contributed by atoms with Gasteiger partial charge in [0.05, 0.1) is 23.3 Å². The van der Waals surface area contributed by atoms with E-state index >= 15 is 0 Å². The molecule has 3 aromatic carbocycles. The van der Waals surface area contributed by atoms with E-state index < -0.39 is 6.09 Å². The lowest BCUT2D eigenvalue weighted by atomic mass is 9.91. The molecule has 0 aromatic heterocycles. The van der Waals surface area contributed by atoms with Crippen molar-refractivity contribution in [3.05, 3.63) is 93.7 Å². The minimum absolute atomic E-state index is 0.180. The number of methoxy groups -OCH3 is 1. The number of fused-ring (bicyclic) bond motifs is 1. The van der Waals surface area contributed by atoms with Crippen LogP contribution < -0.4 is 9.64 Å². The molecule has 0 fully saturated rings. The van der Waals surface area contributed by atoms with Crippen LogP contribution in [0.3, 0.4) is 0 Å². The van der Waals surface area contributed by atoms with Gasteiger partial charge in [-0.25, -0.2) is 9.18 Å². The molecule has 1 heterocycles. The Bertz CT molecular complexity index is 1040. The van der Waals surface area contributed by atoms with Crippen LogP contribution in [-0.2, 0) is 17.8 Å². The molecule has 1 aliphatic rings. The minimum atomic E-state index is -0.439. The van der Waals surface area contributed by atoms with E-state index in [2.05, 4.69) is 15.9 Å². The Balaban J connectivity index is 1.69. The molecule has 4 rings (SSSR count). The Hall–Kier alpha value is -2.86. The lowest BCUT2D eigenvalue weighted by Gasteiger charge is -2.37. The molecule has 4 nitrogen and oxygen atoms in total. The number of carbonyl (C=O) groups is 1. The predicted molar refractivity (Wildman–Crippen MR) is 117 cm³/mol. The first-order valence-electron chi connectivity index (χ1n) is 9.68. The number of hydrogen-bond donors (Lipinski definition) is 0. The topological polar surface area (TPSA) is 38.8 Å². The molecule has 0 saturated carbocycles. The quantitative estimate of drug-likeness (QED) is 0.441. The summed E-state index contributed by atoms with van der Waals surface area (Å²) in [6, 6.07) is 19.4. The molecule has 0 bridgehead atoms. The first kappa shape index (κ1) is 20.4. The molecule has 1 unspecified atom stereocenters. The number of hydrogen-bond acceptors (Lipinski definition) is 3. The molecule has 1 aliphatic heterocycles. The van der Waals surface area contributed by atoms with E-state index in [0.717, 1.165) is 33.3 Å². The highest BCUT2D eigenvalue weighted by atomic mass is 79.9. The van der Waals surface area contributed by atoms with Crippen molar-refractivity contribution in [2.45, 2.75) is 25.5 Å². The number of benzene rings is 3. The van der Waals surface area contributed by atoms with Crippen LogP contribution in [-0.4, -0.2) is 13.2 Å². The van der Waals surface area contributed by atoms with Gasteiger partial charge in [-0.15, -0.1) is 0 Å². The van der Waals surface area contributed by atoms with Gasteiger partial charge in [0.15, 0.2) is 0 Å². The lowest BCUT2D eigenvalue weighted by Crippen LogP contribution is -2.38. The summed E-state index contributed by atoms with van der Waals surface area (Å²) < 4.78 is 25.3. The number of anilines is 1. The Morgan fingerprint density at radius 3 is 2.57 bits per heavy atom. The van der Waals surface area contributed by atoms with E-state index in [1.165, 1.54) is 12.1 Å². The predicted octanol–water partition coefficient (Wildman–Crippen LogP) is 6.43. The van der Waals surface area contributed by atoms with Crippen LogP contribution in [0.15, 0.2) is 71.2 Å². The Morgan fingerprint density at radius 1 is 1.13 bits per heavy atom. The number of amides is 1. The Kier molecular flexibility index (Phi) is 6.04. The first-order valence-corrected chi connectivity index (χ1v) is 10.5. The Morgan fingerprint density at radius 2 is 1.87 bits per heavy atom. The van der Waals surface area contributed by atoms with Crippen LogP contribution in [0.1, 0.15) is 29.2 Å². The number of aryl methyl sites for hydroxylation is 1. The fourth-order valence-electron chi connectivity index (χ4n) is 3.77. The van der Waals surface area contributed by atoms with Gasteiger partial charge in [-0.2, -0.15) is 0 Å². The van der Waals surface area contributed by atoms with Gasteiger partial charge < -0.3 is 9.47 Å². The molecule has 3 aromatic rings. The van der Waals surface area contributed by atoms with E-state index in [9.17, 15) is 9.18 Å². The van der Waals surface area contributed by atoms with Gasteiger partial charge in [-0.05, 0) is 69.7 Å². The standard InChI is InChI=1S/C24H21BrFNO3/c1-29-23-13-18-9-12-21(17-7-10-19(26)11-8-17)27(22(18)14-20(23)25)24(28)30-15-16-5-3-2-4-6-16/h2-8,10-11,13-14,21H,9,12,15H2,1H3. The van der Waals surface area contributed by atoms with Gasteiger partial charge in [0.2, 0.25) is 0 Å². The van der Waals surface area contributed by atoms with Crippen molar-refractivity contribution in [2.24, 2.45) is 0 Å². The monoisotopic (exact) mass is 469 g/mol. The molecular formula is C24H21BrFNO3. The van der Waals surface area contributed by atoms with Crippen LogP contribution in [0.4, 0.5) is 14.9 Å². The van der Waals surface area contributed by atoms with E-state index in [4.69, 9.17) is 9.47 Å². The van der Waals surface area contributed by atoms with Gasteiger partial charge in [-0.3, -0.25) is 4.90 Å². The average Bonchev–Trinajstić information content (AvgIpc) is 2.77. The SMILES string of the molecule is COc1cc2c(cc1Br)N(C(=O)OCc1ccccc1)C(c1ccc(F)cc1)CC2. The van der Waals surface area contributed by atoms with Crippen molar-refractivity contribution in [3.8, 4) is 5.75 Å². The number of carbonyl (C=O) groups excluding carboxylic acids is 1. The van der Waals surface area contributed by atoms with E-state index in [1.54, 1.807) is 24.1 Å². The van der Waals surface area contributed by atoms with Gasteiger partial charge >= 0.3 is 6.09 Å². The number of nitrogens with zero attached hydrogens (tertiary/aromatic N) is 1. The Labute approximate surface area is 183 Å². The van der Waals surface area contributed by atoms with Crippen molar-refractivity contribution in [1.29, 1.82) is 0 Å². The first-order chi connectivity index (χ1) is 14.6. The fourth-order valence-corrected chi connectivity index (χ4v) is 4.26. The molecule has 30 heavy (non-hydrogen) atoms. The van der Waals surface area contributed by atoms with E-state index in [0.29, 0.717) is 12.2 Å². The second kappa shape index (κ2) is 8.88. The smallest absolute Gasteiger partial charge is 0.415 e. The third-order valence-electron chi connectivity index (χ3n) is 5.27. The molecule has 0 spiro atoms. The molecule has 1 amide bonds. The van der Waals surface area contributed by atoms with Crippen molar-refractivity contribution in [1.82, 2.24) is 0 Å². The van der Waals surface area contributed by atoms with Gasteiger partial charge in [0.25, 0.3) is 0 Å². The molecule has 6 heteroatoms. The summed E-state index contributed by atoms with van der Waals surface area (Å²) in [7, 11) is 1.61. The summed E-state index contributed by atoms with van der Waals surface area (Å²) in [5, 5.41) is 0. The van der Waals surface area contributed by atoms with Crippen molar-refractivity contribution in [2.75, 3.05) is 12.0 Å². The van der Waals surface area contributed by atoms with E-state index in [-0.39, 0.29) is 18.5 Å². The summed E-state index contributed by atoms with van der Waals surface area (Å²) in [4.78, 5) is 14.9. The van der Waals surface area contributed by atoms with Crippen LogP contribution in [0.25, 0.3) is 0 Å². The highest BCUT2D eigenvalue weighted by molar-refractivity contribution is 9.10. The summed E-state index contributed by atoms with van der Waals surface area (Å²) >= 11 is 3.52. The second-order valence-electron chi connectivity index (χ2n) is 7.13. The number of rotatable bonds is 4. The number of halogens is 2. The summed E-state index contributed by atoms with van der Waals surface area (Å²) in [6.45, 7) is 0.180. The van der Waals surface area contributed by atoms with Crippen molar-refractivity contribution < 1.29 is 18.7 Å².